The number of hydrogen-bond acceptors (Lipinski definition) is 4. The first-order valence-corrected chi connectivity index (χ1v) is 17.5. The van der Waals surface area contributed by atoms with Crippen molar-refractivity contribution < 1.29 is 0 Å². The summed E-state index contributed by atoms with van der Waals surface area (Å²) in [7, 11) is 0. The van der Waals surface area contributed by atoms with Crippen LogP contribution in [0.25, 0.3) is 98.7 Å². The summed E-state index contributed by atoms with van der Waals surface area (Å²) >= 11 is 0. The molecule has 0 atom stereocenters. The molecule has 4 aromatic heterocycles. The fourth-order valence-electron chi connectivity index (χ4n) is 8.58. The largest absolute Gasteiger partial charge is 0.256 e. The SMILES string of the molecule is CC1(C)c2ccccc2-c2cc3c4ccccc4c4cc(-c5ccc(-c6ccc7c8ccccc8c8cccnc8c7n6)cn5)ccc4c3nc21. The van der Waals surface area contributed by atoms with E-state index in [1.807, 2.05) is 18.5 Å². The molecule has 0 N–H and O–H groups in total. The molecular formula is C47H30N4. The second kappa shape index (κ2) is 10.3. The Balaban J connectivity index is 1.04. The van der Waals surface area contributed by atoms with Crippen molar-refractivity contribution >= 4 is 65.0 Å². The minimum absolute atomic E-state index is 0.166. The van der Waals surface area contributed by atoms with Crippen LogP contribution in [-0.4, -0.2) is 19.9 Å². The number of nitrogens with zero attached hydrogens (tertiary/aromatic N) is 4. The highest BCUT2D eigenvalue weighted by Crippen LogP contribution is 2.50. The predicted octanol–water partition coefficient (Wildman–Crippen LogP) is 11.8. The van der Waals surface area contributed by atoms with Gasteiger partial charge in [-0.3, -0.25) is 15.0 Å². The minimum Gasteiger partial charge on any atom is -0.256 e. The molecule has 0 fully saturated rings. The van der Waals surface area contributed by atoms with Crippen LogP contribution in [0.2, 0.25) is 0 Å². The molecule has 0 spiro atoms. The van der Waals surface area contributed by atoms with E-state index in [0.717, 1.165) is 60.9 Å². The normalized spacial score (nSPS) is 13.5. The Morgan fingerprint density at radius 1 is 0.412 bits per heavy atom. The molecule has 6 aromatic carbocycles. The van der Waals surface area contributed by atoms with Crippen molar-refractivity contribution in [3.05, 3.63) is 157 Å². The van der Waals surface area contributed by atoms with E-state index < -0.39 is 0 Å². The molecule has 10 aromatic rings. The molecule has 238 valence electrons. The van der Waals surface area contributed by atoms with Gasteiger partial charge >= 0.3 is 0 Å². The summed E-state index contributed by atoms with van der Waals surface area (Å²) in [5.41, 5.74) is 11.6. The molecule has 0 unspecified atom stereocenters. The van der Waals surface area contributed by atoms with E-state index in [1.54, 1.807) is 0 Å². The molecule has 4 heterocycles. The highest BCUT2D eigenvalue weighted by atomic mass is 14.8. The van der Waals surface area contributed by atoms with Crippen LogP contribution in [0.5, 0.6) is 0 Å². The Morgan fingerprint density at radius 2 is 1.04 bits per heavy atom. The first kappa shape index (κ1) is 28.3. The second-order valence-corrected chi connectivity index (χ2v) is 14.2. The van der Waals surface area contributed by atoms with Crippen LogP contribution >= 0.6 is 0 Å². The maximum absolute atomic E-state index is 5.48. The molecule has 1 aliphatic rings. The maximum Gasteiger partial charge on any atom is 0.0978 e. The van der Waals surface area contributed by atoms with Gasteiger partial charge in [0.05, 0.1) is 33.6 Å². The summed E-state index contributed by atoms with van der Waals surface area (Å²) in [5, 5.41) is 10.6. The van der Waals surface area contributed by atoms with Gasteiger partial charge in [0.15, 0.2) is 0 Å². The molecule has 0 saturated heterocycles. The smallest absolute Gasteiger partial charge is 0.0978 e. The van der Waals surface area contributed by atoms with Gasteiger partial charge in [0.2, 0.25) is 0 Å². The zero-order chi connectivity index (χ0) is 33.8. The summed E-state index contributed by atoms with van der Waals surface area (Å²) < 4.78 is 0. The lowest BCUT2D eigenvalue weighted by Gasteiger charge is -2.21. The molecule has 4 nitrogen and oxygen atoms in total. The Bertz CT molecular complexity index is 3070. The molecule has 4 heteroatoms. The maximum atomic E-state index is 5.48. The summed E-state index contributed by atoms with van der Waals surface area (Å²) in [6, 6.07) is 47.7. The Kier molecular flexibility index (Phi) is 5.70. The number of rotatable bonds is 2. The van der Waals surface area contributed by atoms with E-state index in [4.69, 9.17) is 19.9 Å². The molecule has 0 amide bonds. The lowest BCUT2D eigenvalue weighted by atomic mass is 9.85. The number of pyridine rings is 4. The zero-order valence-electron chi connectivity index (χ0n) is 28.1. The molecule has 0 aliphatic heterocycles. The lowest BCUT2D eigenvalue weighted by molar-refractivity contribution is 0.640. The van der Waals surface area contributed by atoms with Gasteiger partial charge in [0, 0.05) is 56.0 Å². The third kappa shape index (κ3) is 3.96. The monoisotopic (exact) mass is 650 g/mol. The van der Waals surface area contributed by atoms with Gasteiger partial charge in [0.25, 0.3) is 0 Å². The zero-order valence-corrected chi connectivity index (χ0v) is 28.1. The molecule has 0 radical (unpaired) electrons. The highest BCUT2D eigenvalue weighted by Gasteiger charge is 2.37. The van der Waals surface area contributed by atoms with Crippen LogP contribution in [0.4, 0.5) is 0 Å². The van der Waals surface area contributed by atoms with E-state index in [1.165, 1.54) is 49.0 Å². The summed E-state index contributed by atoms with van der Waals surface area (Å²) in [4.78, 5) is 20.4. The number of aromatic nitrogens is 4. The van der Waals surface area contributed by atoms with Gasteiger partial charge in [-0.1, -0.05) is 105 Å². The number of fused-ring (bicyclic) bond motifs is 15. The molecule has 1 aliphatic carbocycles. The molecule has 0 bridgehead atoms. The third-order valence-corrected chi connectivity index (χ3v) is 11.1. The quantitative estimate of drug-likeness (QED) is 0.175. The Labute approximate surface area is 294 Å². The van der Waals surface area contributed by atoms with Crippen LogP contribution in [0.1, 0.15) is 25.1 Å². The number of benzene rings is 6. The Morgan fingerprint density at radius 3 is 1.82 bits per heavy atom. The summed E-state index contributed by atoms with van der Waals surface area (Å²) in [6.07, 6.45) is 3.78. The van der Waals surface area contributed by atoms with Crippen LogP contribution in [0.15, 0.2) is 146 Å². The fourth-order valence-corrected chi connectivity index (χ4v) is 8.58. The first-order valence-electron chi connectivity index (χ1n) is 17.5. The van der Waals surface area contributed by atoms with Crippen LogP contribution < -0.4 is 0 Å². The average Bonchev–Trinajstić information content (AvgIpc) is 3.42. The molecular weight excluding hydrogens is 621 g/mol. The second-order valence-electron chi connectivity index (χ2n) is 14.2. The van der Waals surface area contributed by atoms with Crippen molar-refractivity contribution in [2.45, 2.75) is 19.3 Å². The third-order valence-electron chi connectivity index (χ3n) is 11.1. The fraction of sp³-hybridized carbons (Fsp3) is 0.0638. The van der Waals surface area contributed by atoms with Crippen LogP contribution in [0, 0.1) is 0 Å². The minimum atomic E-state index is -0.166. The topological polar surface area (TPSA) is 51.6 Å². The van der Waals surface area contributed by atoms with E-state index in [9.17, 15) is 0 Å². The van der Waals surface area contributed by atoms with Gasteiger partial charge in [-0.25, -0.2) is 4.98 Å². The van der Waals surface area contributed by atoms with Gasteiger partial charge in [0.1, 0.15) is 0 Å². The predicted molar refractivity (Wildman–Crippen MR) is 211 cm³/mol. The summed E-state index contributed by atoms with van der Waals surface area (Å²) in [5.74, 6) is 0. The van der Waals surface area contributed by atoms with Crippen molar-refractivity contribution in [3.8, 4) is 33.6 Å². The lowest BCUT2D eigenvalue weighted by Crippen LogP contribution is -2.16. The highest BCUT2D eigenvalue weighted by molar-refractivity contribution is 6.25. The molecule has 51 heavy (non-hydrogen) atoms. The van der Waals surface area contributed by atoms with E-state index in [2.05, 4.69) is 141 Å². The van der Waals surface area contributed by atoms with E-state index >= 15 is 0 Å². The van der Waals surface area contributed by atoms with Crippen molar-refractivity contribution in [1.82, 2.24) is 19.9 Å². The van der Waals surface area contributed by atoms with Crippen molar-refractivity contribution in [2.24, 2.45) is 0 Å². The van der Waals surface area contributed by atoms with Gasteiger partial charge in [-0.15, -0.1) is 0 Å². The Hall–Kier alpha value is -6.52. The first-order chi connectivity index (χ1) is 25.0. The molecule has 11 rings (SSSR count). The van der Waals surface area contributed by atoms with Crippen LogP contribution in [0.3, 0.4) is 0 Å². The van der Waals surface area contributed by atoms with Gasteiger partial charge < -0.3 is 0 Å². The van der Waals surface area contributed by atoms with Gasteiger partial charge in [-0.2, -0.15) is 0 Å². The number of hydrogen-bond donors (Lipinski definition) is 0. The van der Waals surface area contributed by atoms with Crippen LogP contribution in [-0.2, 0) is 5.41 Å². The van der Waals surface area contributed by atoms with Crippen molar-refractivity contribution in [2.75, 3.05) is 0 Å². The van der Waals surface area contributed by atoms with Crippen molar-refractivity contribution in [1.29, 1.82) is 0 Å². The van der Waals surface area contributed by atoms with E-state index in [0.29, 0.717) is 0 Å². The van der Waals surface area contributed by atoms with E-state index in [-0.39, 0.29) is 5.41 Å². The van der Waals surface area contributed by atoms with Crippen molar-refractivity contribution in [3.63, 3.8) is 0 Å². The van der Waals surface area contributed by atoms with Gasteiger partial charge in [-0.05, 0) is 80.5 Å². The standard InChI is InChI=1S/C47H30N4/c1-47(2)40-16-8-7-14-33(40)39-25-38-32-13-6-5-12-31(32)37-24-27(17-19-36(37)43(38)51-46(39)47)41-21-18-28(26-49-41)42-22-20-35-30-11-4-3-10-29(30)34-15-9-23-48-44(34)45(35)50-42/h3-26H,1-2H3. The average molecular weight is 651 g/mol. The summed E-state index contributed by atoms with van der Waals surface area (Å²) in [6.45, 7) is 4.59. The molecule has 0 saturated carbocycles.